The Hall–Kier alpha value is -1.21. The molecule has 0 bridgehead atoms. The number of nitrogens with zero attached hydrogens (tertiary/aromatic N) is 1. The second-order valence-electron chi connectivity index (χ2n) is 4.58. The third kappa shape index (κ3) is 5.52. The van der Waals surface area contributed by atoms with E-state index in [0.29, 0.717) is 19.6 Å². The number of carbonyl (C=O) groups excluding carboxylic acids is 1. The molecule has 108 valence electrons. The van der Waals surface area contributed by atoms with Gasteiger partial charge in [0.25, 0.3) is 0 Å². The lowest BCUT2D eigenvalue weighted by Gasteiger charge is -2.46. The molecule has 0 unspecified atom stereocenters. The van der Waals surface area contributed by atoms with Crippen LogP contribution in [0.25, 0.3) is 0 Å². The Labute approximate surface area is 117 Å². The van der Waals surface area contributed by atoms with Gasteiger partial charge in [0, 0.05) is 18.1 Å². The van der Waals surface area contributed by atoms with E-state index in [1.54, 1.807) is 23.6 Å². The van der Waals surface area contributed by atoms with Crippen LogP contribution in [-0.2, 0) is 9.53 Å². The molecule has 1 heterocycles. The topological polar surface area (TPSA) is 78.9 Å². The molecule has 1 aliphatic heterocycles. The van der Waals surface area contributed by atoms with Gasteiger partial charge >= 0.3 is 12.0 Å². The number of aliphatic carboxylic acids is 1. The van der Waals surface area contributed by atoms with Crippen molar-refractivity contribution in [3.05, 3.63) is 12.7 Å². The Bertz CT molecular complexity index is 343. The molecule has 2 N–H and O–H groups in total. The molecule has 0 spiro atoms. The van der Waals surface area contributed by atoms with E-state index in [-0.39, 0.29) is 12.6 Å². The van der Waals surface area contributed by atoms with Crippen molar-refractivity contribution in [1.29, 1.82) is 0 Å². The van der Waals surface area contributed by atoms with E-state index in [1.807, 2.05) is 6.08 Å². The van der Waals surface area contributed by atoms with Crippen molar-refractivity contribution >= 4 is 23.8 Å². The summed E-state index contributed by atoms with van der Waals surface area (Å²) < 4.78 is 5.23. The summed E-state index contributed by atoms with van der Waals surface area (Å²) in [7, 11) is 0. The number of thioether (sulfide) groups is 1. The molecule has 2 amide bonds. The maximum atomic E-state index is 11.7. The standard InChI is InChI=1S/C12H20N2O4S/c1-3-5-19-6-4-13-11(17)14-8-12(2,9-14)18-7-10(15)16/h3H,1,4-9H2,2H3,(H,13,17)(H,15,16). The van der Waals surface area contributed by atoms with Crippen LogP contribution in [0, 0.1) is 0 Å². The lowest BCUT2D eigenvalue weighted by molar-refractivity contribution is -0.159. The Kier molecular flexibility index (Phi) is 6.17. The molecular weight excluding hydrogens is 268 g/mol. The lowest BCUT2D eigenvalue weighted by Crippen LogP contribution is -2.65. The molecule has 0 radical (unpaired) electrons. The van der Waals surface area contributed by atoms with Gasteiger partial charge < -0.3 is 20.1 Å². The second-order valence-corrected chi connectivity index (χ2v) is 5.73. The van der Waals surface area contributed by atoms with Gasteiger partial charge in [-0.2, -0.15) is 11.8 Å². The van der Waals surface area contributed by atoms with Gasteiger partial charge in [-0.1, -0.05) is 6.08 Å². The van der Waals surface area contributed by atoms with Crippen LogP contribution in [0.3, 0.4) is 0 Å². The Morgan fingerprint density at radius 1 is 1.58 bits per heavy atom. The molecule has 1 fully saturated rings. The van der Waals surface area contributed by atoms with Crippen molar-refractivity contribution in [3.8, 4) is 0 Å². The molecule has 0 atom stereocenters. The van der Waals surface area contributed by atoms with Crippen LogP contribution >= 0.6 is 11.8 Å². The Morgan fingerprint density at radius 3 is 2.84 bits per heavy atom. The number of hydrogen-bond donors (Lipinski definition) is 2. The average molecular weight is 288 g/mol. The zero-order chi connectivity index (χ0) is 14.3. The lowest BCUT2D eigenvalue weighted by atomic mass is 9.97. The highest BCUT2D eigenvalue weighted by Crippen LogP contribution is 2.24. The van der Waals surface area contributed by atoms with Crippen LogP contribution in [0.4, 0.5) is 4.79 Å². The molecule has 6 nitrogen and oxygen atoms in total. The number of carbonyl (C=O) groups is 2. The summed E-state index contributed by atoms with van der Waals surface area (Å²) >= 11 is 1.70. The molecule has 0 aromatic heterocycles. The van der Waals surface area contributed by atoms with Crippen molar-refractivity contribution in [2.45, 2.75) is 12.5 Å². The van der Waals surface area contributed by atoms with Gasteiger partial charge in [0.05, 0.1) is 13.1 Å². The first-order valence-electron chi connectivity index (χ1n) is 6.04. The summed E-state index contributed by atoms with van der Waals surface area (Å²) in [5.41, 5.74) is -0.534. The first-order valence-corrected chi connectivity index (χ1v) is 7.19. The zero-order valence-corrected chi connectivity index (χ0v) is 11.9. The summed E-state index contributed by atoms with van der Waals surface area (Å²) in [6, 6.07) is -0.129. The highest BCUT2D eigenvalue weighted by molar-refractivity contribution is 7.99. The Balaban J connectivity index is 2.13. The number of carboxylic acid groups (broad SMARTS) is 1. The minimum absolute atomic E-state index is 0.129. The van der Waals surface area contributed by atoms with Gasteiger partial charge in [-0.25, -0.2) is 9.59 Å². The quantitative estimate of drug-likeness (QED) is 0.510. The fourth-order valence-electron chi connectivity index (χ4n) is 1.74. The van der Waals surface area contributed by atoms with Gasteiger partial charge in [0.15, 0.2) is 0 Å². The van der Waals surface area contributed by atoms with Crippen LogP contribution in [0.5, 0.6) is 0 Å². The number of ether oxygens (including phenoxy) is 1. The smallest absolute Gasteiger partial charge is 0.329 e. The van der Waals surface area contributed by atoms with Crippen LogP contribution < -0.4 is 5.32 Å². The molecule has 0 aromatic carbocycles. The van der Waals surface area contributed by atoms with E-state index in [0.717, 1.165) is 11.5 Å². The van der Waals surface area contributed by atoms with Crippen molar-refractivity contribution in [2.24, 2.45) is 0 Å². The predicted molar refractivity (Wildman–Crippen MR) is 74.5 cm³/mol. The summed E-state index contributed by atoms with van der Waals surface area (Å²) in [5.74, 6) is 0.724. The number of carboxylic acids is 1. The van der Waals surface area contributed by atoms with Gasteiger partial charge in [0.1, 0.15) is 12.2 Å². The van der Waals surface area contributed by atoms with Crippen LogP contribution in [0.15, 0.2) is 12.7 Å². The number of nitrogens with one attached hydrogen (secondary N) is 1. The largest absolute Gasteiger partial charge is 0.480 e. The fourth-order valence-corrected chi connectivity index (χ4v) is 2.32. The molecule has 0 aliphatic carbocycles. The van der Waals surface area contributed by atoms with Crippen LogP contribution in [0.2, 0.25) is 0 Å². The second kappa shape index (κ2) is 7.40. The highest BCUT2D eigenvalue weighted by Gasteiger charge is 2.42. The maximum absolute atomic E-state index is 11.7. The van der Waals surface area contributed by atoms with E-state index in [1.165, 1.54) is 0 Å². The van der Waals surface area contributed by atoms with Gasteiger partial charge in [-0.15, -0.1) is 6.58 Å². The normalized spacial score (nSPS) is 16.6. The van der Waals surface area contributed by atoms with E-state index >= 15 is 0 Å². The molecule has 0 aromatic rings. The van der Waals surface area contributed by atoms with Crippen LogP contribution in [0.1, 0.15) is 6.92 Å². The maximum Gasteiger partial charge on any atom is 0.329 e. The van der Waals surface area contributed by atoms with Crippen molar-refractivity contribution in [3.63, 3.8) is 0 Å². The molecular formula is C12H20N2O4S. The number of amides is 2. The van der Waals surface area contributed by atoms with Crippen molar-refractivity contribution < 1.29 is 19.4 Å². The molecule has 19 heavy (non-hydrogen) atoms. The summed E-state index contributed by atoms with van der Waals surface area (Å²) in [6.07, 6.45) is 1.83. The molecule has 1 saturated heterocycles. The molecule has 1 aliphatic rings. The third-order valence-corrected chi connectivity index (χ3v) is 3.60. The van der Waals surface area contributed by atoms with Gasteiger partial charge in [-0.05, 0) is 6.92 Å². The van der Waals surface area contributed by atoms with E-state index in [2.05, 4.69) is 11.9 Å². The minimum Gasteiger partial charge on any atom is -0.480 e. The van der Waals surface area contributed by atoms with Gasteiger partial charge in [0.2, 0.25) is 0 Å². The first kappa shape index (κ1) is 15.8. The average Bonchev–Trinajstić information content (AvgIpc) is 2.32. The number of hydrogen-bond acceptors (Lipinski definition) is 4. The number of urea groups is 1. The number of rotatable bonds is 8. The monoisotopic (exact) mass is 288 g/mol. The third-order valence-electron chi connectivity index (χ3n) is 2.64. The molecule has 0 saturated carbocycles. The molecule has 7 heteroatoms. The van der Waals surface area contributed by atoms with E-state index < -0.39 is 11.6 Å². The van der Waals surface area contributed by atoms with E-state index in [4.69, 9.17) is 9.84 Å². The van der Waals surface area contributed by atoms with Crippen LogP contribution in [-0.4, -0.2) is 65.4 Å². The highest BCUT2D eigenvalue weighted by atomic mass is 32.2. The molecule has 1 rings (SSSR count). The zero-order valence-electron chi connectivity index (χ0n) is 11.1. The Morgan fingerprint density at radius 2 is 2.26 bits per heavy atom. The first-order chi connectivity index (χ1) is 8.97. The summed E-state index contributed by atoms with van der Waals surface area (Å²) in [4.78, 5) is 23.7. The summed E-state index contributed by atoms with van der Waals surface area (Å²) in [6.45, 7) is 6.55. The summed E-state index contributed by atoms with van der Waals surface area (Å²) in [5, 5.41) is 11.3. The predicted octanol–water partition coefficient (Wildman–Crippen LogP) is 0.791. The van der Waals surface area contributed by atoms with Gasteiger partial charge in [-0.3, -0.25) is 0 Å². The SMILES string of the molecule is C=CCSCCNC(=O)N1CC(C)(OCC(=O)O)C1. The van der Waals surface area contributed by atoms with Crippen molar-refractivity contribution in [2.75, 3.05) is 37.7 Å². The number of likely N-dealkylation sites (tertiary alicyclic amines) is 1. The van der Waals surface area contributed by atoms with E-state index in [9.17, 15) is 9.59 Å². The van der Waals surface area contributed by atoms with Crippen molar-refractivity contribution in [1.82, 2.24) is 10.2 Å². The minimum atomic E-state index is -0.997. The fraction of sp³-hybridized carbons (Fsp3) is 0.667.